The molecule has 0 spiro atoms. The maximum atomic E-state index is 10.6. The molecule has 0 unspecified atom stereocenters. The van der Waals surface area contributed by atoms with Gasteiger partial charge in [0.05, 0.1) is 9.95 Å². The third kappa shape index (κ3) is 3.33. The van der Waals surface area contributed by atoms with Crippen LogP contribution >= 0.6 is 23.4 Å². The third-order valence-electron chi connectivity index (χ3n) is 2.38. The average molecular weight is 294 g/mol. The molecule has 0 saturated carbocycles. The zero-order valence-corrected chi connectivity index (χ0v) is 11.1. The molecule has 0 saturated heterocycles. The fourth-order valence-electron chi connectivity index (χ4n) is 1.44. The predicted octanol–water partition coefficient (Wildman–Crippen LogP) is 4.21. The van der Waals surface area contributed by atoms with Crippen LogP contribution in [0, 0.1) is 10.1 Å². The summed E-state index contributed by atoms with van der Waals surface area (Å²) < 4.78 is 0. The standard InChI is InChI=1S/C13H8ClNO3S/c14-13-7-12(4-1-9(13)8-16)19-11-5-2-10(3-6-11)15(17)18/h1-8H. The first-order valence-corrected chi connectivity index (χ1v) is 6.46. The summed E-state index contributed by atoms with van der Waals surface area (Å²) in [6, 6.07) is 11.4. The normalized spacial score (nSPS) is 10.2. The summed E-state index contributed by atoms with van der Waals surface area (Å²) in [6.07, 6.45) is 0.697. The van der Waals surface area contributed by atoms with E-state index in [4.69, 9.17) is 11.6 Å². The fourth-order valence-corrected chi connectivity index (χ4v) is 2.59. The second-order valence-corrected chi connectivity index (χ2v) is 5.21. The molecular weight excluding hydrogens is 286 g/mol. The number of carbonyl (C=O) groups is 1. The number of hydrogen-bond donors (Lipinski definition) is 0. The highest BCUT2D eigenvalue weighted by atomic mass is 35.5. The Kier molecular flexibility index (Phi) is 4.19. The van der Waals surface area contributed by atoms with Crippen molar-refractivity contribution in [3.8, 4) is 0 Å². The highest BCUT2D eigenvalue weighted by Crippen LogP contribution is 2.31. The Balaban J connectivity index is 2.19. The lowest BCUT2D eigenvalue weighted by molar-refractivity contribution is -0.384. The summed E-state index contributed by atoms with van der Waals surface area (Å²) in [6.45, 7) is 0. The number of hydrogen-bond acceptors (Lipinski definition) is 4. The molecule has 0 bridgehead atoms. The van der Waals surface area contributed by atoms with E-state index in [-0.39, 0.29) is 5.69 Å². The van der Waals surface area contributed by atoms with Gasteiger partial charge in [0.2, 0.25) is 0 Å². The Bertz CT molecular complexity index is 628. The van der Waals surface area contributed by atoms with Crippen LogP contribution in [0.5, 0.6) is 0 Å². The number of aldehydes is 1. The van der Waals surface area contributed by atoms with Gasteiger partial charge < -0.3 is 0 Å². The maximum Gasteiger partial charge on any atom is 0.269 e. The second-order valence-electron chi connectivity index (χ2n) is 3.65. The van der Waals surface area contributed by atoms with Crippen LogP contribution in [0.15, 0.2) is 52.3 Å². The van der Waals surface area contributed by atoms with Crippen LogP contribution in [0.2, 0.25) is 5.02 Å². The number of non-ortho nitro benzene ring substituents is 1. The largest absolute Gasteiger partial charge is 0.298 e. The number of nitro groups is 1. The van der Waals surface area contributed by atoms with Crippen molar-refractivity contribution in [3.63, 3.8) is 0 Å². The van der Waals surface area contributed by atoms with E-state index in [2.05, 4.69) is 0 Å². The Morgan fingerprint density at radius 2 is 1.74 bits per heavy atom. The number of carbonyl (C=O) groups excluding carboxylic acids is 1. The molecular formula is C13H8ClNO3S. The smallest absolute Gasteiger partial charge is 0.269 e. The highest BCUT2D eigenvalue weighted by molar-refractivity contribution is 7.99. The summed E-state index contributed by atoms with van der Waals surface area (Å²) in [5, 5.41) is 10.9. The quantitative estimate of drug-likeness (QED) is 0.481. The molecule has 0 aliphatic heterocycles. The van der Waals surface area contributed by atoms with E-state index >= 15 is 0 Å². The van der Waals surface area contributed by atoms with Crippen LogP contribution in [0.1, 0.15) is 10.4 Å². The van der Waals surface area contributed by atoms with E-state index in [0.717, 1.165) is 9.79 Å². The number of benzene rings is 2. The maximum absolute atomic E-state index is 10.6. The molecule has 0 atom stereocenters. The van der Waals surface area contributed by atoms with E-state index in [0.29, 0.717) is 16.9 Å². The first kappa shape index (κ1) is 13.6. The first-order chi connectivity index (χ1) is 9.10. The molecule has 19 heavy (non-hydrogen) atoms. The van der Waals surface area contributed by atoms with Crippen LogP contribution in [0.3, 0.4) is 0 Å². The fraction of sp³-hybridized carbons (Fsp3) is 0. The second kappa shape index (κ2) is 5.86. The summed E-state index contributed by atoms with van der Waals surface area (Å²) in [5.41, 5.74) is 0.494. The highest BCUT2D eigenvalue weighted by Gasteiger charge is 2.06. The molecule has 2 aromatic carbocycles. The lowest BCUT2D eigenvalue weighted by atomic mass is 10.2. The number of rotatable bonds is 4. The Hall–Kier alpha value is -1.85. The molecule has 0 fully saturated rings. The van der Waals surface area contributed by atoms with Gasteiger partial charge in [0.25, 0.3) is 5.69 Å². The van der Waals surface area contributed by atoms with Gasteiger partial charge in [0, 0.05) is 27.5 Å². The lowest BCUT2D eigenvalue weighted by Gasteiger charge is -2.03. The van der Waals surface area contributed by atoms with Gasteiger partial charge >= 0.3 is 0 Å². The van der Waals surface area contributed by atoms with Gasteiger partial charge in [-0.15, -0.1) is 0 Å². The topological polar surface area (TPSA) is 60.2 Å². The minimum absolute atomic E-state index is 0.0543. The Labute approximate surface area is 118 Å². The van der Waals surface area contributed by atoms with Gasteiger partial charge in [-0.05, 0) is 30.3 Å². The molecule has 96 valence electrons. The van der Waals surface area contributed by atoms with Crippen molar-refractivity contribution in [1.29, 1.82) is 0 Å². The summed E-state index contributed by atoms with van der Waals surface area (Å²) >= 11 is 7.35. The third-order valence-corrected chi connectivity index (χ3v) is 3.71. The van der Waals surface area contributed by atoms with Crippen molar-refractivity contribution in [3.05, 3.63) is 63.2 Å². The predicted molar refractivity (Wildman–Crippen MR) is 74.1 cm³/mol. The SMILES string of the molecule is O=Cc1ccc(Sc2ccc([N+](=O)[O-])cc2)cc1Cl. The van der Waals surface area contributed by atoms with Crippen LogP contribution in [-0.2, 0) is 0 Å². The molecule has 0 heterocycles. The van der Waals surface area contributed by atoms with Gasteiger partial charge in [0.1, 0.15) is 0 Å². The van der Waals surface area contributed by atoms with Crippen molar-refractivity contribution in [2.75, 3.05) is 0 Å². The van der Waals surface area contributed by atoms with Crippen molar-refractivity contribution in [1.82, 2.24) is 0 Å². The van der Waals surface area contributed by atoms with Crippen molar-refractivity contribution in [2.24, 2.45) is 0 Å². The van der Waals surface area contributed by atoms with Gasteiger partial charge in [0.15, 0.2) is 6.29 Å². The zero-order valence-electron chi connectivity index (χ0n) is 9.58. The van der Waals surface area contributed by atoms with Crippen LogP contribution in [0.25, 0.3) is 0 Å². The van der Waals surface area contributed by atoms with E-state index in [1.165, 1.54) is 23.9 Å². The minimum Gasteiger partial charge on any atom is -0.298 e. The molecule has 4 nitrogen and oxygen atoms in total. The molecule has 0 aromatic heterocycles. The van der Waals surface area contributed by atoms with E-state index in [1.807, 2.05) is 0 Å². The minimum atomic E-state index is -0.440. The molecule has 2 aromatic rings. The number of halogens is 1. The molecule has 0 radical (unpaired) electrons. The number of nitrogens with zero attached hydrogens (tertiary/aromatic N) is 1. The number of nitro benzene ring substituents is 1. The summed E-state index contributed by atoms with van der Waals surface area (Å²) in [7, 11) is 0. The lowest BCUT2D eigenvalue weighted by Crippen LogP contribution is -1.86. The monoisotopic (exact) mass is 293 g/mol. The Morgan fingerprint density at radius 3 is 2.26 bits per heavy atom. The van der Waals surface area contributed by atoms with Crippen LogP contribution in [-0.4, -0.2) is 11.2 Å². The van der Waals surface area contributed by atoms with Crippen LogP contribution < -0.4 is 0 Å². The van der Waals surface area contributed by atoms with E-state index in [1.54, 1.807) is 30.3 Å². The van der Waals surface area contributed by atoms with Crippen LogP contribution in [0.4, 0.5) is 5.69 Å². The molecule has 0 amide bonds. The van der Waals surface area contributed by atoms with Gasteiger partial charge in [-0.3, -0.25) is 14.9 Å². The molecule has 2 rings (SSSR count). The van der Waals surface area contributed by atoms with Crippen molar-refractivity contribution >= 4 is 35.3 Å². The van der Waals surface area contributed by atoms with Gasteiger partial charge in [-0.1, -0.05) is 23.4 Å². The summed E-state index contributed by atoms with van der Waals surface area (Å²) in [4.78, 5) is 22.5. The van der Waals surface area contributed by atoms with E-state index in [9.17, 15) is 14.9 Å². The molecule has 6 heteroatoms. The van der Waals surface area contributed by atoms with E-state index < -0.39 is 4.92 Å². The summed E-state index contributed by atoms with van der Waals surface area (Å²) in [5.74, 6) is 0. The van der Waals surface area contributed by atoms with Gasteiger partial charge in [-0.25, -0.2) is 0 Å². The average Bonchev–Trinajstić information content (AvgIpc) is 2.39. The zero-order chi connectivity index (χ0) is 13.8. The van der Waals surface area contributed by atoms with Gasteiger partial charge in [-0.2, -0.15) is 0 Å². The molecule has 0 aliphatic carbocycles. The molecule has 0 N–H and O–H groups in total. The first-order valence-electron chi connectivity index (χ1n) is 5.27. The molecule has 0 aliphatic rings. The van der Waals surface area contributed by atoms with Crippen molar-refractivity contribution < 1.29 is 9.72 Å². The Morgan fingerprint density at radius 1 is 1.11 bits per heavy atom. The van der Waals surface area contributed by atoms with Crippen molar-refractivity contribution in [2.45, 2.75) is 9.79 Å².